The van der Waals surface area contributed by atoms with Gasteiger partial charge < -0.3 is 46.6 Å². The number of aromatic hydroxyl groups is 1. The van der Waals surface area contributed by atoms with Gasteiger partial charge in [0.1, 0.15) is 25.1 Å². The second-order valence-electron chi connectivity index (χ2n) is 25.9. The number of imide groups is 1. The van der Waals surface area contributed by atoms with Gasteiger partial charge in [-0.25, -0.2) is 0 Å². The number of phenols is 1. The normalized spacial score (nSPS) is 22.3. The first-order chi connectivity index (χ1) is 43.5. The molecule has 8 N–H and O–H groups in total. The van der Waals surface area contributed by atoms with Crippen molar-refractivity contribution in [1.82, 2.24) is 31.9 Å². The van der Waals surface area contributed by atoms with Crippen molar-refractivity contribution in [3.8, 4) is 5.75 Å². The highest BCUT2D eigenvalue weighted by atomic mass is 16.5. The molecular formula is C72H86N8O11. The third-order valence-corrected chi connectivity index (χ3v) is 20.0. The smallest absolute Gasteiger partial charge is 0.250 e. The Morgan fingerprint density at radius 2 is 1.22 bits per heavy atom. The van der Waals surface area contributed by atoms with Gasteiger partial charge in [0, 0.05) is 30.6 Å². The van der Waals surface area contributed by atoms with Crippen LogP contribution in [0.3, 0.4) is 0 Å². The third kappa shape index (κ3) is 15.3. The summed E-state index contributed by atoms with van der Waals surface area (Å²) < 4.78 is 5.51. The highest BCUT2D eigenvalue weighted by molar-refractivity contribution is 6.01. The lowest BCUT2D eigenvalue weighted by atomic mass is 9.49. The van der Waals surface area contributed by atoms with Crippen LogP contribution in [0.25, 0.3) is 6.08 Å². The number of hydrogen-bond donors (Lipinski definition) is 8. The van der Waals surface area contributed by atoms with Crippen molar-refractivity contribution in [2.24, 2.45) is 22.7 Å². The van der Waals surface area contributed by atoms with Crippen molar-refractivity contribution in [1.29, 1.82) is 0 Å². The van der Waals surface area contributed by atoms with E-state index in [0.717, 1.165) is 84.7 Å². The van der Waals surface area contributed by atoms with E-state index in [2.05, 4.69) is 57.6 Å². The summed E-state index contributed by atoms with van der Waals surface area (Å²) in [6.07, 6.45) is 9.25. The second kappa shape index (κ2) is 28.9. The fraction of sp³-hybridized carbons (Fsp3) is 0.431. The first kappa shape index (κ1) is 66.4. The Labute approximate surface area is 532 Å². The minimum atomic E-state index is -1.15. The quantitative estimate of drug-likeness (QED) is 0.0168. The fourth-order valence-electron chi connectivity index (χ4n) is 15.1. The number of anilines is 2. The molecule has 7 atom stereocenters. The van der Waals surface area contributed by atoms with Crippen LogP contribution >= 0.6 is 0 Å². The molecule has 19 nitrogen and oxygen atoms in total. The monoisotopic (exact) mass is 1240 g/mol. The largest absolute Gasteiger partial charge is 0.508 e. The Hall–Kier alpha value is -8.97. The molecule has 9 rings (SSSR count). The van der Waals surface area contributed by atoms with Gasteiger partial charge in [-0.1, -0.05) is 138 Å². The van der Waals surface area contributed by atoms with Gasteiger partial charge in [-0.15, -0.1) is 0 Å². The van der Waals surface area contributed by atoms with E-state index in [9.17, 15) is 48.3 Å². The number of aryl methyl sites for hydroxylation is 3. The van der Waals surface area contributed by atoms with Crippen LogP contribution in [-0.4, -0.2) is 97.3 Å². The van der Waals surface area contributed by atoms with Crippen LogP contribution < -0.4 is 42.1 Å². The van der Waals surface area contributed by atoms with E-state index >= 15 is 0 Å². The summed E-state index contributed by atoms with van der Waals surface area (Å²) in [6, 6.07) is 34.2. The first-order valence-corrected chi connectivity index (χ1v) is 31.7. The Kier molecular flexibility index (Phi) is 21.1. The SMILES string of the molecule is C=Cc1ccccc1CN(C(=O)CCC(=O)NCC(=O)NCC(=O)N[C@@H](Cc1ccccc1)C(=O)NCC(=O)NCOCC(=O)Nc1ccc2c(c1)[C@@]1(C)CCC[C@](C)(C(=O)NC(=O)[C@@]3(C)CCC[C@]4(C)c5cc(O)ccc5CC[C@@H]34)[C@@H]1CC2)c1ccccc1C. The van der Waals surface area contributed by atoms with E-state index in [1.807, 2.05) is 99.6 Å². The summed E-state index contributed by atoms with van der Waals surface area (Å²) in [5, 5.41) is 29.0. The minimum Gasteiger partial charge on any atom is -0.508 e. The third-order valence-electron chi connectivity index (χ3n) is 20.0. The molecule has 5 aromatic rings. The molecule has 9 amide bonds. The molecule has 0 aromatic heterocycles. The molecule has 0 heterocycles. The molecule has 4 aliphatic carbocycles. The number of ether oxygens (including phenoxy) is 1. The topological polar surface area (TPSA) is 271 Å². The summed E-state index contributed by atoms with van der Waals surface area (Å²) in [5.41, 5.74) is 6.80. The highest BCUT2D eigenvalue weighted by Crippen LogP contribution is 2.60. The summed E-state index contributed by atoms with van der Waals surface area (Å²) >= 11 is 0. The molecule has 480 valence electrons. The number of benzene rings is 5. The van der Waals surface area contributed by atoms with E-state index in [4.69, 9.17) is 4.74 Å². The van der Waals surface area contributed by atoms with E-state index in [-0.39, 0.29) is 73.3 Å². The lowest BCUT2D eigenvalue weighted by Crippen LogP contribution is -2.60. The van der Waals surface area contributed by atoms with Gasteiger partial charge in [0.2, 0.25) is 53.2 Å². The Balaban J connectivity index is 0.705. The van der Waals surface area contributed by atoms with E-state index < -0.39 is 84.0 Å². The van der Waals surface area contributed by atoms with Crippen molar-refractivity contribution in [2.45, 2.75) is 142 Å². The average molecular weight is 1240 g/mol. The van der Waals surface area contributed by atoms with Crippen molar-refractivity contribution in [3.05, 3.63) is 166 Å². The standard InChI is InChI=1S/C72H86N8O11/c1-7-48-20-12-13-21-51(48)43-80(57-22-14-11-17-46(57)2)65(87)32-31-60(82)73-40-61(83)74-42-63(85)78-56(37-47-18-9-8-10-19-47)66(88)75-41-62(84)76-45-91-44-64(86)77-52-27-23-49-25-29-58-69(3,54(49)38-52)33-15-35-71(58,5)67(89)79-68(90)72(6)36-16-34-70(4)55-39-53(81)28-24-50(55)26-30-59(70)72/h7-14,17-24,27-28,38-39,56,58-59,81H,1,15-16,25-26,29-37,40-45H2,2-6H3,(H,73,82)(H,74,83)(H,75,88)(H,76,84)(H,77,86)(H,78,85)(H,79,89,90)/t56-,58+,59+,69+,70+,71-,72-/m0/s1. The average Bonchev–Trinajstić information content (AvgIpc) is 0.729. The van der Waals surface area contributed by atoms with Gasteiger partial charge in [-0.3, -0.25) is 48.5 Å². The minimum absolute atomic E-state index is 0.00355. The molecule has 5 aromatic carbocycles. The number of fused-ring (bicyclic) bond motifs is 6. The highest BCUT2D eigenvalue weighted by Gasteiger charge is 2.58. The second-order valence-corrected chi connectivity index (χ2v) is 25.9. The predicted molar refractivity (Wildman–Crippen MR) is 347 cm³/mol. The zero-order chi connectivity index (χ0) is 65.1. The van der Waals surface area contributed by atoms with E-state index in [1.54, 1.807) is 47.4 Å². The summed E-state index contributed by atoms with van der Waals surface area (Å²) in [4.78, 5) is 123. The van der Waals surface area contributed by atoms with Crippen molar-refractivity contribution >= 4 is 70.6 Å². The molecular weight excluding hydrogens is 1150 g/mol. The van der Waals surface area contributed by atoms with Gasteiger partial charge in [0.05, 0.1) is 37.0 Å². The number of nitrogens with zero attached hydrogens (tertiary/aromatic N) is 1. The van der Waals surface area contributed by atoms with Crippen molar-refractivity contribution in [3.63, 3.8) is 0 Å². The fourth-order valence-corrected chi connectivity index (χ4v) is 15.1. The molecule has 4 aliphatic rings. The zero-order valence-corrected chi connectivity index (χ0v) is 52.9. The number of hydrogen-bond acceptors (Lipinski definition) is 11. The molecule has 2 saturated carbocycles. The Morgan fingerprint density at radius 3 is 1.89 bits per heavy atom. The maximum absolute atomic E-state index is 14.7. The van der Waals surface area contributed by atoms with Gasteiger partial charge >= 0.3 is 0 Å². The van der Waals surface area contributed by atoms with Crippen LogP contribution in [0.5, 0.6) is 5.75 Å². The summed E-state index contributed by atoms with van der Waals surface area (Å²) in [7, 11) is 0. The number of amides is 9. The number of phenolic OH excluding ortho intramolecular Hbond substituents is 1. The van der Waals surface area contributed by atoms with E-state index in [0.29, 0.717) is 29.8 Å². The van der Waals surface area contributed by atoms with Crippen molar-refractivity contribution < 1.29 is 53.0 Å². The molecule has 2 fully saturated rings. The Morgan fingerprint density at radius 1 is 0.637 bits per heavy atom. The molecule has 0 spiro atoms. The maximum Gasteiger partial charge on any atom is 0.250 e. The number of nitrogens with one attached hydrogen (secondary N) is 7. The van der Waals surface area contributed by atoms with Gasteiger partial charge in [-0.2, -0.15) is 0 Å². The predicted octanol–water partition coefficient (Wildman–Crippen LogP) is 7.83. The van der Waals surface area contributed by atoms with Crippen LogP contribution in [0.2, 0.25) is 0 Å². The van der Waals surface area contributed by atoms with Gasteiger partial charge in [0.15, 0.2) is 0 Å². The van der Waals surface area contributed by atoms with Crippen molar-refractivity contribution in [2.75, 3.05) is 43.2 Å². The van der Waals surface area contributed by atoms with Crippen LogP contribution in [0.4, 0.5) is 11.4 Å². The lowest BCUT2D eigenvalue weighted by molar-refractivity contribution is -0.150. The Bertz CT molecular complexity index is 3590. The number of rotatable bonds is 24. The molecule has 91 heavy (non-hydrogen) atoms. The maximum atomic E-state index is 14.7. The molecule has 0 saturated heterocycles. The number of para-hydroxylation sites is 1. The van der Waals surface area contributed by atoms with E-state index in [1.165, 1.54) is 5.56 Å². The number of carbonyl (C=O) groups excluding carboxylic acids is 9. The molecule has 19 heteroatoms. The van der Waals surface area contributed by atoms with Gasteiger partial charge in [0.25, 0.3) is 0 Å². The van der Waals surface area contributed by atoms with Gasteiger partial charge in [-0.05, 0) is 156 Å². The molecule has 0 aliphatic heterocycles. The zero-order valence-electron chi connectivity index (χ0n) is 52.9. The molecule has 0 bridgehead atoms. The number of carbonyl (C=O) groups is 9. The molecule has 0 radical (unpaired) electrons. The van der Waals surface area contributed by atoms with Crippen LogP contribution in [0.15, 0.2) is 122 Å². The van der Waals surface area contributed by atoms with Crippen LogP contribution in [-0.2, 0) is 84.5 Å². The lowest BCUT2D eigenvalue weighted by Gasteiger charge is -2.56. The van der Waals surface area contributed by atoms with Crippen LogP contribution in [0.1, 0.15) is 136 Å². The first-order valence-electron chi connectivity index (χ1n) is 31.7. The summed E-state index contributed by atoms with van der Waals surface area (Å²) in [6.45, 7) is 12.3. The van der Waals surface area contributed by atoms with Crippen LogP contribution in [0, 0.1) is 29.6 Å². The summed E-state index contributed by atoms with van der Waals surface area (Å²) in [5.74, 6) is -4.31. The molecule has 0 unspecified atom stereocenters.